The zero-order valence-corrected chi connectivity index (χ0v) is 13.6. The molecule has 1 aliphatic rings. The van der Waals surface area contributed by atoms with Gasteiger partial charge in [0.05, 0.1) is 19.3 Å². The summed E-state index contributed by atoms with van der Waals surface area (Å²) in [4.78, 5) is 14.3. The van der Waals surface area contributed by atoms with E-state index >= 15 is 0 Å². The Labute approximate surface area is 123 Å². The number of likely N-dealkylation sites (N-methyl/N-ethyl adjacent to an activating group) is 1. The molecule has 0 radical (unpaired) electrons. The van der Waals surface area contributed by atoms with Gasteiger partial charge in [-0.15, -0.1) is 0 Å². The minimum Gasteiger partial charge on any atom is -0.468 e. The summed E-state index contributed by atoms with van der Waals surface area (Å²) in [5.74, 6) is -0.178. The molecule has 0 spiro atoms. The van der Waals surface area contributed by atoms with E-state index in [2.05, 4.69) is 24.1 Å². The summed E-state index contributed by atoms with van der Waals surface area (Å²) >= 11 is 0. The molecule has 0 aromatic carbocycles. The van der Waals surface area contributed by atoms with Gasteiger partial charge in [0.1, 0.15) is 5.54 Å². The van der Waals surface area contributed by atoms with Crippen LogP contribution in [0.5, 0.6) is 0 Å². The largest absolute Gasteiger partial charge is 0.468 e. The van der Waals surface area contributed by atoms with Crippen LogP contribution in [-0.2, 0) is 14.3 Å². The first kappa shape index (κ1) is 17.4. The van der Waals surface area contributed by atoms with Gasteiger partial charge < -0.3 is 14.8 Å². The summed E-state index contributed by atoms with van der Waals surface area (Å²) in [6, 6.07) is 0. The van der Waals surface area contributed by atoms with Crippen LogP contribution in [-0.4, -0.2) is 61.9 Å². The number of carbonyl (C=O) groups is 1. The van der Waals surface area contributed by atoms with Gasteiger partial charge >= 0.3 is 5.97 Å². The first-order chi connectivity index (χ1) is 9.41. The van der Waals surface area contributed by atoms with Crippen molar-refractivity contribution in [3.8, 4) is 0 Å². The van der Waals surface area contributed by atoms with Gasteiger partial charge in [0.2, 0.25) is 0 Å². The van der Waals surface area contributed by atoms with Crippen molar-refractivity contribution < 1.29 is 14.3 Å². The molecule has 3 atom stereocenters. The molecule has 20 heavy (non-hydrogen) atoms. The summed E-state index contributed by atoms with van der Waals surface area (Å²) in [5.41, 5.74) is -0.576. The van der Waals surface area contributed by atoms with E-state index in [-0.39, 0.29) is 5.97 Å². The molecule has 0 aromatic rings. The average molecular weight is 286 g/mol. The van der Waals surface area contributed by atoms with E-state index in [0.29, 0.717) is 12.2 Å². The number of ether oxygens (including phenoxy) is 2. The molecule has 3 unspecified atom stereocenters. The quantitative estimate of drug-likeness (QED) is 0.717. The highest BCUT2D eigenvalue weighted by Crippen LogP contribution is 2.17. The third kappa shape index (κ3) is 5.04. The fourth-order valence-electron chi connectivity index (χ4n) is 3.00. The smallest absolute Gasteiger partial charge is 0.325 e. The van der Waals surface area contributed by atoms with E-state index in [1.807, 2.05) is 13.8 Å². The number of carbonyl (C=O) groups excluding carboxylic acids is 1. The molecular weight excluding hydrogens is 256 g/mol. The Hall–Kier alpha value is -0.650. The van der Waals surface area contributed by atoms with Gasteiger partial charge in [-0.05, 0) is 46.7 Å². The molecule has 0 bridgehead atoms. The summed E-state index contributed by atoms with van der Waals surface area (Å²) in [6.45, 7) is 11.9. The Kier molecular flexibility index (Phi) is 6.92. The van der Waals surface area contributed by atoms with Crippen molar-refractivity contribution >= 4 is 5.97 Å². The third-order valence-corrected chi connectivity index (χ3v) is 3.85. The van der Waals surface area contributed by atoms with Crippen LogP contribution < -0.4 is 5.32 Å². The fourth-order valence-corrected chi connectivity index (χ4v) is 3.00. The predicted molar refractivity (Wildman–Crippen MR) is 79.8 cm³/mol. The van der Waals surface area contributed by atoms with Gasteiger partial charge in [-0.3, -0.25) is 9.69 Å². The summed E-state index contributed by atoms with van der Waals surface area (Å²) in [6.07, 6.45) is 2.34. The number of nitrogens with zero attached hydrogens (tertiary/aromatic N) is 1. The van der Waals surface area contributed by atoms with Crippen molar-refractivity contribution in [1.29, 1.82) is 0 Å². The second-order valence-corrected chi connectivity index (χ2v) is 5.97. The fraction of sp³-hybridized carbons (Fsp3) is 0.933. The molecule has 5 heteroatoms. The lowest BCUT2D eigenvalue weighted by Gasteiger charge is -2.36. The Balaban J connectivity index is 2.42. The van der Waals surface area contributed by atoms with E-state index < -0.39 is 5.54 Å². The van der Waals surface area contributed by atoms with Crippen LogP contribution in [0.1, 0.15) is 40.5 Å². The first-order valence-corrected chi connectivity index (χ1v) is 7.62. The lowest BCUT2D eigenvalue weighted by Crippen LogP contribution is -2.51. The molecule has 1 N–H and O–H groups in total. The number of rotatable bonds is 7. The normalized spacial score (nSPS) is 27.1. The highest BCUT2D eigenvalue weighted by Gasteiger charge is 2.33. The van der Waals surface area contributed by atoms with Crippen LogP contribution in [0.3, 0.4) is 0 Å². The number of esters is 1. The van der Waals surface area contributed by atoms with Gasteiger partial charge in [0, 0.05) is 13.1 Å². The molecule has 0 aromatic heterocycles. The summed E-state index contributed by atoms with van der Waals surface area (Å²) in [7, 11) is 1.45. The number of methoxy groups -OCH3 is 1. The van der Waals surface area contributed by atoms with Crippen molar-refractivity contribution in [2.45, 2.75) is 58.3 Å². The van der Waals surface area contributed by atoms with Crippen molar-refractivity contribution in [3.05, 3.63) is 0 Å². The van der Waals surface area contributed by atoms with Crippen LogP contribution >= 0.6 is 0 Å². The zero-order chi connectivity index (χ0) is 15.2. The molecule has 1 fully saturated rings. The van der Waals surface area contributed by atoms with Gasteiger partial charge in [-0.25, -0.2) is 0 Å². The molecule has 0 aliphatic carbocycles. The van der Waals surface area contributed by atoms with E-state index in [1.54, 1.807) is 0 Å². The first-order valence-electron chi connectivity index (χ1n) is 7.62. The Morgan fingerprint density at radius 1 is 1.40 bits per heavy atom. The number of hydrogen-bond donors (Lipinski definition) is 1. The predicted octanol–water partition coefficient (Wildman–Crippen LogP) is 1.42. The maximum Gasteiger partial charge on any atom is 0.325 e. The third-order valence-electron chi connectivity index (χ3n) is 3.85. The van der Waals surface area contributed by atoms with E-state index in [0.717, 1.165) is 39.0 Å². The second-order valence-electron chi connectivity index (χ2n) is 5.97. The van der Waals surface area contributed by atoms with Crippen molar-refractivity contribution in [2.24, 2.45) is 0 Å². The Morgan fingerprint density at radius 2 is 2.00 bits per heavy atom. The van der Waals surface area contributed by atoms with Gasteiger partial charge in [0.25, 0.3) is 0 Å². The molecule has 5 nitrogen and oxygen atoms in total. The second kappa shape index (κ2) is 7.96. The minimum absolute atomic E-state index is 0.178. The van der Waals surface area contributed by atoms with Crippen LogP contribution in [0.2, 0.25) is 0 Å². The van der Waals surface area contributed by atoms with Crippen molar-refractivity contribution in [2.75, 3.05) is 33.3 Å². The van der Waals surface area contributed by atoms with Gasteiger partial charge in [0.15, 0.2) is 0 Å². The van der Waals surface area contributed by atoms with Crippen LogP contribution in [0.15, 0.2) is 0 Å². The Bertz CT molecular complexity index is 301. The van der Waals surface area contributed by atoms with E-state index in [9.17, 15) is 4.79 Å². The average Bonchev–Trinajstić information content (AvgIpc) is 2.37. The summed E-state index contributed by atoms with van der Waals surface area (Å²) in [5, 5.41) is 3.25. The molecule has 1 heterocycles. The van der Waals surface area contributed by atoms with Crippen molar-refractivity contribution in [3.63, 3.8) is 0 Å². The molecule has 1 aliphatic heterocycles. The number of morpholine rings is 1. The maximum absolute atomic E-state index is 11.9. The van der Waals surface area contributed by atoms with Gasteiger partial charge in [-0.1, -0.05) is 6.92 Å². The lowest BCUT2D eigenvalue weighted by atomic mass is 9.95. The molecule has 1 rings (SSSR count). The molecule has 1 saturated heterocycles. The molecular formula is C15H30N2O3. The number of hydrogen-bond acceptors (Lipinski definition) is 5. The topological polar surface area (TPSA) is 50.8 Å². The molecule has 0 saturated carbocycles. The van der Waals surface area contributed by atoms with Crippen molar-refractivity contribution in [1.82, 2.24) is 10.2 Å². The van der Waals surface area contributed by atoms with Crippen LogP contribution in [0, 0.1) is 0 Å². The number of nitrogens with one attached hydrogen (secondary N) is 1. The molecule has 0 amide bonds. The van der Waals surface area contributed by atoms with E-state index in [4.69, 9.17) is 9.47 Å². The SMILES string of the molecule is CCNC(C)(CCCN1CC(C)OC(C)C1)C(=O)OC. The standard InChI is InChI=1S/C15H30N2O3/c1-6-16-15(4,14(18)19-5)8-7-9-17-10-12(2)20-13(3)11-17/h12-13,16H,6-11H2,1-5H3. The zero-order valence-electron chi connectivity index (χ0n) is 13.6. The van der Waals surface area contributed by atoms with E-state index in [1.165, 1.54) is 7.11 Å². The Morgan fingerprint density at radius 3 is 2.50 bits per heavy atom. The molecule has 118 valence electrons. The van der Waals surface area contributed by atoms with Crippen LogP contribution in [0.25, 0.3) is 0 Å². The van der Waals surface area contributed by atoms with Gasteiger partial charge in [-0.2, -0.15) is 0 Å². The highest BCUT2D eigenvalue weighted by atomic mass is 16.5. The highest BCUT2D eigenvalue weighted by molar-refractivity contribution is 5.80. The monoisotopic (exact) mass is 286 g/mol. The van der Waals surface area contributed by atoms with Crippen LogP contribution in [0.4, 0.5) is 0 Å². The minimum atomic E-state index is -0.576. The lowest BCUT2D eigenvalue weighted by molar-refractivity contribution is -0.148. The maximum atomic E-state index is 11.9. The summed E-state index contributed by atoms with van der Waals surface area (Å²) < 4.78 is 10.6.